The lowest BCUT2D eigenvalue weighted by molar-refractivity contribution is -0.119. The lowest BCUT2D eigenvalue weighted by Crippen LogP contribution is -2.36. The van der Waals surface area contributed by atoms with E-state index in [2.05, 4.69) is 15.3 Å². The fourth-order valence-corrected chi connectivity index (χ4v) is 1.73. The summed E-state index contributed by atoms with van der Waals surface area (Å²) < 4.78 is 0. The molecule has 1 heterocycles. The number of aromatic nitrogens is 2. The minimum Gasteiger partial charge on any atom is -0.352 e. The Labute approximate surface area is 105 Å². The molecule has 1 aliphatic carbocycles. The molecule has 17 heavy (non-hydrogen) atoms. The maximum atomic E-state index is 11.6. The number of carbonyl (C=O) groups is 1. The van der Waals surface area contributed by atoms with Crippen LogP contribution >= 0.6 is 11.6 Å². The molecule has 1 fully saturated rings. The number of hydrogen-bond acceptors (Lipinski definition) is 4. The summed E-state index contributed by atoms with van der Waals surface area (Å²) in [5.74, 6) is 1.28. The Morgan fingerprint density at radius 1 is 1.59 bits per heavy atom. The summed E-state index contributed by atoms with van der Waals surface area (Å²) in [4.78, 5) is 21.6. The summed E-state index contributed by atoms with van der Waals surface area (Å²) in [5.41, 5.74) is 0. The molecule has 6 heteroatoms. The van der Waals surface area contributed by atoms with Crippen molar-refractivity contribution in [3.8, 4) is 0 Å². The van der Waals surface area contributed by atoms with Gasteiger partial charge in [0.15, 0.2) is 0 Å². The van der Waals surface area contributed by atoms with Crippen LogP contribution in [-0.2, 0) is 4.79 Å². The summed E-state index contributed by atoms with van der Waals surface area (Å²) >= 11 is 5.85. The second kappa shape index (κ2) is 4.87. The molecule has 0 atom stereocenters. The number of anilines is 1. The van der Waals surface area contributed by atoms with E-state index in [4.69, 9.17) is 11.6 Å². The largest absolute Gasteiger partial charge is 0.352 e. The molecule has 0 aromatic carbocycles. The minimum absolute atomic E-state index is 0.0161. The minimum atomic E-state index is 0.0161. The van der Waals surface area contributed by atoms with Gasteiger partial charge in [-0.25, -0.2) is 9.97 Å². The average molecular weight is 255 g/mol. The number of nitrogens with zero attached hydrogens (tertiary/aromatic N) is 3. The third-order valence-electron chi connectivity index (χ3n) is 2.51. The van der Waals surface area contributed by atoms with Crippen LogP contribution in [0.1, 0.15) is 18.7 Å². The van der Waals surface area contributed by atoms with Gasteiger partial charge >= 0.3 is 0 Å². The van der Waals surface area contributed by atoms with E-state index in [9.17, 15) is 4.79 Å². The Bertz CT molecular complexity index is 413. The van der Waals surface area contributed by atoms with E-state index in [1.165, 1.54) is 0 Å². The zero-order chi connectivity index (χ0) is 12.4. The normalized spacial score (nSPS) is 14.5. The standard InChI is InChI=1S/C11H15ClN4O/c1-7-13-9(12)5-10(14-7)16(2)6-11(17)15-8-3-4-8/h5,8H,3-4,6H2,1-2H3,(H,15,17). The zero-order valence-electron chi connectivity index (χ0n) is 9.90. The molecule has 0 spiro atoms. The van der Waals surface area contributed by atoms with Gasteiger partial charge in [-0.05, 0) is 19.8 Å². The SMILES string of the molecule is Cc1nc(Cl)cc(N(C)CC(=O)NC2CC2)n1. The van der Waals surface area contributed by atoms with Crippen molar-refractivity contribution in [3.63, 3.8) is 0 Å². The van der Waals surface area contributed by atoms with E-state index in [-0.39, 0.29) is 12.5 Å². The third-order valence-corrected chi connectivity index (χ3v) is 2.70. The smallest absolute Gasteiger partial charge is 0.239 e. The van der Waals surface area contributed by atoms with Crippen molar-refractivity contribution in [2.75, 3.05) is 18.5 Å². The van der Waals surface area contributed by atoms with Crippen LogP contribution in [0, 0.1) is 6.92 Å². The van der Waals surface area contributed by atoms with Crippen LogP contribution in [0.2, 0.25) is 5.15 Å². The van der Waals surface area contributed by atoms with Crippen molar-refractivity contribution < 1.29 is 4.79 Å². The molecule has 0 saturated heterocycles. The van der Waals surface area contributed by atoms with E-state index in [0.29, 0.717) is 22.8 Å². The Morgan fingerprint density at radius 2 is 2.29 bits per heavy atom. The summed E-state index contributed by atoms with van der Waals surface area (Å²) in [6.07, 6.45) is 2.18. The van der Waals surface area contributed by atoms with Crippen LogP contribution in [0.5, 0.6) is 0 Å². The second-order valence-electron chi connectivity index (χ2n) is 4.29. The predicted octanol–water partition coefficient (Wildman–Crippen LogP) is 1.15. The Hall–Kier alpha value is -1.36. The highest BCUT2D eigenvalue weighted by Crippen LogP contribution is 2.19. The topological polar surface area (TPSA) is 58.1 Å². The van der Waals surface area contributed by atoms with Gasteiger partial charge < -0.3 is 10.2 Å². The molecule has 0 aliphatic heterocycles. The third kappa shape index (κ3) is 3.56. The second-order valence-corrected chi connectivity index (χ2v) is 4.68. The quantitative estimate of drug-likeness (QED) is 0.819. The molecule has 0 unspecified atom stereocenters. The molecule has 1 saturated carbocycles. The highest BCUT2D eigenvalue weighted by Gasteiger charge is 2.23. The van der Waals surface area contributed by atoms with Crippen LogP contribution in [0.4, 0.5) is 5.82 Å². The first kappa shape index (κ1) is 12.1. The first-order valence-electron chi connectivity index (χ1n) is 5.56. The molecule has 0 bridgehead atoms. The first-order chi connectivity index (χ1) is 8.04. The van der Waals surface area contributed by atoms with Crippen molar-refractivity contribution in [2.45, 2.75) is 25.8 Å². The molecule has 1 amide bonds. The van der Waals surface area contributed by atoms with Crippen molar-refractivity contribution in [3.05, 3.63) is 17.0 Å². The van der Waals surface area contributed by atoms with Crippen molar-refractivity contribution in [1.29, 1.82) is 0 Å². The number of amides is 1. The zero-order valence-corrected chi connectivity index (χ0v) is 10.7. The predicted molar refractivity (Wildman–Crippen MR) is 66.2 cm³/mol. The lowest BCUT2D eigenvalue weighted by Gasteiger charge is -2.17. The molecule has 1 aliphatic rings. The van der Waals surface area contributed by atoms with Crippen LogP contribution in [0.15, 0.2) is 6.07 Å². The van der Waals surface area contributed by atoms with E-state index >= 15 is 0 Å². The molecule has 1 aromatic rings. The molecule has 1 aromatic heterocycles. The van der Waals surface area contributed by atoms with Gasteiger partial charge in [0.05, 0.1) is 6.54 Å². The summed E-state index contributed by atoms with van der Waals surface area (Å²) in [5, 5.41) is 3.32. The van der Waals surface area contributed by atoms with E-state index in [1.807, 2.05) is 7.05 Å². The van der Waals surface area contributed by atoms with E-state index < -0.39 is 0 Å². The highest BCUT2D eigenvalue weighted by molar-refractivity contribution is 6.29. The van der Waals surface area contributed by atoms with Crippen LogP contribution in [-0.4, -0.2) is 35.5 Å². The molecule has 5 nitrogen and oxygen atoms in total. The van der Waals surface area contributed by atoms with E-state index in [1.54, 1.807) is 17.9 Å². The van der Waals surface area contributed by atoms with Crippen LogP contribution < -0.4 is 10.2 Å². The molecular weight excluding hydrogens is 240 g/mol. The number of carbonyl (C=O) groups excluding carboxylic acids is 1. The summed E-state index contributed by atoms with van der Waals surface area (Å²) in [7, 11) is 1.81. The molecular formula is C11H15ClN4O. The molecule has 2 rings (SSSR count). The fraction of sp³-hybridized carbons (Fsp3) is 0.545. The van der Waals surface area contributed by atoms with Crippen molar-refractivity contribution in [2.24, 2.45) is 0 Å². The Morgan fingerprint density at radius 3 is 2.88 bits per heavy atom. The lowest BCUT2D eigenvalue weighted by atomic mass is 10.4. The average Bonchev–Trinajstić information content (AvgIpc) is 2.99. The van der Waals surface area contributed by atoms with Gasteiger partial charge in [0.1, 0.15) is 16.8 Å². The van der Waals surface area contributed by atoms with Crippen LogP contribution in [0.25, 0.3) is 0 Å². The van der Waals surface area contributed by atoms with Crippen LogP contribution in [0.3, 0.4) is 0 Å². The number of nitrogens with one attached hydrogen (secondary N) is 1. The van der Waals surface area contributed by atoms with Gasteiger partial charge in [-0.3, -0.25) is 4.79 Å². The Balaban J connectivity index is 1.97. The summed E-state index contributed by atoms with van der Waals surface area (Å²) in [6, 6.07) is 2.03. The van der Waals surface area contributed by atoms with Crippen molar-refractivity contribution in [1.82, 2.24) is 15.3 Å². The number of hydrogen-bond donors (Lipinski definition) is 1. The van der Waals surface area contributed by atoms with E-state index in [0.717, 1.165) is 12.8 Å². The first-order valence-corrected chi connectivity index (χ1v) is 5.94. The van der Waals surface area contributed by atoms with Gasteiger partial charge in [-0.2, -0.15) is 0 Å². The number of aryl methyl sites for hydroxylation is 1. The maximum absolute atomic E-state index is 11.6. The summed E-state index contributed by atoms with van der Waals surface area (Å²) in [6.45, 7) is 2.05. The van der Waals surface area contributed by atoms with Gasteiger partial charge in [-0.1, -0.05) is 11.6 Å². The highest BCUT2D eigenvalue weighted by atomic mass is 35.5. The fourth-order valence-electron chi connectivity index (χ4n) is 1.51. The van der Waals surface area contributed by atoms with Gasteiger partial charge in [-0.15, -0.1) is 0 Å². The monoisotopic (exact) mass is 254 g/mol. The van der Waals surface area contributed by atoms with Crippen molar-refractivity contribution >= 4 is 23.3 Å². The van der Waals surface area contributed by atoms with Gasteiger partial charge in [0.25, 0.3) is 0 Å². The number of likely N-dealkylation sites (N-methyl/N-ethyl adjacent to an activating group) is 1. The maximum Gasteiger partial charge on any atom is 0.239 e. The Kier molecular flexibility index (Phi) is 3.47. The van der Waals surface area contributed by atoms with Gasteiger partial charge in [0, 0.05) is 19.2 Å². The van der Waals surface area contributed by atoms with Gasteiger partial charge in [0.2, 0.25) is 5.91 Å². The number of rotatable bonds is 4. The molecule has 0 radical (unpaired) electrons. The number of halogens is 1. The molecule has 1 N–H and O–H groups in total. The molecule has 92 valence electrons.